The second-order valence-electron chi connectivity index (χ2n) is 9.11. The highest BCUT2D eigenvalue weighted by atomic mass is 35.5. The average molecular weight is 512 g/mol. The summed E-state index contributed by atoms with van der Waals surface area (Å²) in [5.41, 5.74) is 0.509. The lowest BCUT2D eigenvalue weighted by atomic mass is 10.1. The van der Waals surface area contributed by atoms with Gasteiger partial charge in [0.2, 0.25) is 21.8 Å². The molecular formula is C24H31ClFN3O4S. The van der Waals surface area contributed by atoms with E-state index in [4.69, 9.17) is 11.6 Å². The number of benzene rings is 2. The molecule has 0 aromatic heterocycles. The molecule has 0 aliphatic heterocycles. The third-order valence-corrected chi connectivity index (χ3v) is 6.45. The van der Waals surface area contributed by atoms with E-state index in [0.29, 0.717) is 6.42 Å². The monoisotopic (exact) mass is 511 g/mol. The minimum Gasteiger partial charge on any atom is -0.350 e. The number of sulfonamides is 1. The number of nitrogens with one attached hydrogen (secondary N) is 1. The molecule has 0 radical (unpaired) electrons. The molecule has 2 aromatic carbocycles. The lowest BCUT2D eigenvalue weighted by Crippen LogP contribution is -2.55. The highest BCUT2D eigenvalue weighted by molar-refractivity contribution is 7.92. The molecule has 0 saturated carbocycles. The summed E-state index contributed by atoms with van der Waals surface area (Å²) in [6, 6.07) is 12.0. The van der Waals surface area contributed by atoms with Crippen molar-refractivity contribution in [3.63, 3.8) is 0 Å². The molecule has 0 spiro atoms. The summed E-state index contributed by atoms with van der Waals surface area (Å²) in [7, 11) is -3.91. The molecule has 34 heavy (non-hydrogen) atoms. The van der Waals surface area contributed by atoms with E-state index >= 15 is 0 Å². The van der Waals surface area contributed by atoms with Crippen LogP contribution < -0.4 is 9.62 Å². The van der Waals surface area contributed by atoms with Gasteiger partial charge in [-0.05, 0) is 57.9 Å². The number of halogens is 2. The fourth-order valence-corrected chi connectivity index (χ4v) is 4.31. The fourth-order valence-electron chi connectivity index (χ4n) is 3.30. The minimum atomic E-state index is -3.91. The van der Waals surface area contributed by atoms with Gasteiger partial charge in [0.15, 0.2) is 0 Å². The molecule has 1 atom stereocenters. The molecule has 0 aliphatic rings. The van der Waals surface area contributed by atoms with Crippen LogP contribution in [0.1, 0.15) is 33.3 Å². The van der Waals surface area contributed by atoms with Crippen LogP contribution >= 0.6 is 11.6 Å². The normalized spacial score (nSPS) is 12.7. The quantitative estimate of drug-likeness (QED) is 0.557. The lowest BCUT2D eigenvalue weighted by Gasteiger charge is -2.33. The second-order valence-corrected chi connectivity index (χ2v) is 11.4. The Labute approximate surface area is 205 Å². The smallest absolute Gasteiger partial charge is 0.244 e. The zero-order valence-electron chi connectivity index (χ0n) is 20.0. The summed E-state index contributed by atoms with van der Waals surface area (Å²) in [4.78, 5) is 27.6. The lowest BCUT2D eigenvalue weighted by molar-refractivity contribution is -0.139. The van der Waals surface area contributed by atoms with Crippen molar-refractivity contribution in [2.24, 2.45) is 0 Å². The van der Waals surface area contributed by atoms with Gasteiger partial charge in [0.25, 0.3) is 0 Å². The van der Waals surface area contributed by atoms with E-state index < -0.39 is 39.9 Å². The Hall–Kier alpha value is -2.65. The maximum atomic E-state index is 13.6. The first-order valence-electron chi connectivity index (χ1n) is 10.8. The molecule has 0 aliphatic carbocycles. The van der Waals surface area contributed by atoms with Crippen LogP contribution in [0.15, 0.2) is 48.5 Å². The third kappa shape index (κ3) is 7.99. The number of carbonyl (C=O) groups is 2. The van der Waals surface area contributed by atoms with E-state index in [0.717, 1.165) is 28.3 Å². The van der Waals surface area contributed by atoms with E-state index in [9.17, 15) is 22.4 Å². The van der Waals surface area contributed by atoms with Crippen LogP contribution in [0.5, 0.6) is 0 Å². The van der Waals surface area contributed by atoms with Crippen LogP contribution in [0.25, 0.3) is 0 Å². The number of nitrogens with zero attached hydrogens (tertiary/aromatic N) is 2. The minimum absolute atomic E-state index is 0.0528. The fraction of sp³-hybridized carbons (Fsp3) is 0.417. The van der Waals surface area contributed by atoms with E-state index in [1.165, 1.54) is 11.0 Å². The zero-order chi connectivity index (χ0) is 25.7. The average Bonchev–Trinajstić information content (AvgIpc) is 2.72. The van der Waals surface area contributed by atoms with Gasteiger partial charge in [-0.1, -0.05) is 41.9 Å². The third-order valence-electron chi connectivity index (χ3n) is 5.02. The van der Waals surface area contributed by atoms with Crippen molar-refractivity contribution >= 4 is 39.1 Å². The number of carbonyl (C=O) groups excluding carboxylic acids is 2. The van der Waals surface area contributed by atoms with E-state index in [1.54, 1.807) is 6.92 Å². The molecule has 0 saturated heterocycles. The first-order valence-corrected chi connectivity index (χ1v) is 13.0. The molecular weight excluding hydrogens is 481 g/mol. The molecule has 186 valence electrons. The van der Waals surface area contributed by atoms with Crippen LogP contribution in [-0.2, 0) is 26.0 Å². The van der Waals surface area contributed by atoms with Gasteiger partial charge >= 0.3 is 0 Å². The van der Waals surface area contributed by atoms with Gasteiger partial charge < -0.3 is 10.2 Å². The molecule has 0 heterocycles. The van der Waals surface area contributed by atoms with Crippen molar-refractivity contribution in [1.29, 1.82) is 0 Å². The molecule has 2 amide bonds. The Balaban J connectivity index is 2.34. The molecule has 10 heteroatoms. The summed E-state index contributed by atoms with van der Waals surface area (Å²) < 4.78 is 39.5. The highest BCUT2D eigenvalue weighted by Gasteiger charge is 2.31. The molecule has 2 aromatic rings. The van der Waals surface area contributed by atoms with Gasteiger partial charge in [-0.2, -0.15) is 0 Å². The van der Waals surface area contributed by atoms with Crippen LogP contribution in [0.3, 0.4) is 0 Å². The van der Waals surface area contributed by atoms with Gasteiger partial charge in [0.05, 0.1) is 17.0 Å². The summed E-state index contributed by atoms with van der Waals surface area (Å²) in [5, 5.41) is 2.59. The van der Waals surface area contributed by atoms with Gasteiger partial charge in [0, 0.05) is 12.1 Å². The number of amides is 2. The Morgan fingerprint density at radius 3 is 2.26 bits per heavy atom. The standard InChI is InChI=1S/C24H31ClFN3O4S/c1-17(23(31)27-24(2,3)4)28(14-13-18-9-7-6-8-10-18)22(30)16-29(34(5,32)33)19-11-12-21(26)20(25)15-19/h6-12,15,17H,13-14,16H2,1-5H3,(H,27,31)/t17-/m0/s1. The van der Waals surface area contributed by atoms with Crippen LogP contribution in [0.4, 0.5) is 10.1 Å². The number of anilines is 1. The Kier molecular flexibility index (Phi) is 9.08. The summed E-state index contributed by atoms with van der Waals surface area (Å²) in [6.07, 6.45) is 1.42. The number of hydrogen-bond acceptors (Lipinski definition) is 4. The van der Waals surface area contributed by atoms with Crippen molar-refractivity contribution in [3.8, 4) is 0 Å². The molecule has 2 rings (SSSR count). The second kappa shape index (κ2) is 11.2. The van der Waals surface area contributed by atoms with Gasteiger partial charge in [0.1, 0.15) is 18.4 Å². The zero-order valence-corrected chi connectivity index (χ0v) is 21.6. The molecule has 0 fully saturated rings. The van der Waals surface area contributed by atoms with Gasteiger partial charge in [-0.25, -0.2) is 12.8 Å². The Bertz CT molecular complexity index is 1120. The van der Waals surface area contributed by atoms with E-state index in [2.05, 4.69) is 5.32 Å². The maximum absolute atomic E-state index is 13.6. The maximum Gasteiger partial charge on any atom is 0.244 e. The molecule has 7 nitrogen and oxygen atoms in total. The molecule has 0 unspecified atom stereocenters. The summed E-state index contributed by atoms with van der Waals surface area (Å²) in [5.74, 6) is -1.63. The van der Waals surface area contributed by atoms with E-state index in [-0.39, 0.29) is 23.2 Å². The SMILES string of the molecule is C[C@@H](C(=O)NC(C)(C)C)N(CCc1ccccc1)C(=O)CN(c1ccc(F)c(Cl)c1)S(C)(=O)=O. The topological polar surface area (TPSA) is 86.8 Å². The van der Waals surface area contributed by atoms with Crippen molar-refractivity contribution in [2.45, 2.75) is 45.7 Å². The highest BCUT2D eigenvalue weighted by Crippen LogP contribution is 2.24. The van der Waals surface area contributed by atoms with Crippen molar-refractivity contribution < 1.29 is 22.4 Å². The predicted octanol–water partition coefficient (Wildman–Crippen LogP) is 3.62. The van der Waals surface area contributed by atoms with Crippen molar-refractivity contribution in [1.82, 2.24) is 10.2 Å². The van der Waals surface area contributed by atoms with Gasteiger partial charge in [-0.3, -0.25) is 13.9 Å². The van der Waals surface area contributed by atoms with Gasteiger partial charge in [-0.15, -0.1) is 0 Å². The van der Waals surface area contributed by atoms with Crippen molar-refractivity contribution in [3.05, 3.63) is 64.9 Å². The summed E-state index contributed by atoms with van der Waals surface area (Å²) >= 11 is 5.83. The van der Waals surface area contributed by atoms with Crippen molar-refractivity contribution in [2.75, 3.05) is 23.7 Å². The molecule has 1 N–H and O–H groups in total. The Morgan fingerprint density at radius 1 is 1.12 bits per heavy atom. The van der Waals surface area contributed by atoms with Crippen LogP contribution in [-0.4, -0.2) is 56.1 Å². The first-order chi connectivity index (χ1) is 15.7. The summed E-state index contributed by atoms with van der Waals surface area (Å²) in [6.45, 7) is 6.72. The molecule has 0 bridgehead atoms. The van der Waals surface area contributed by atoms with Crippen LogP contribution in [0, 0.1) is 5.82 Å². The number of rotatable bonds is 9. The van der Waals surface area contributed by atoms with E-state index in [1.807, 2.05) is 51.1 Å². The largest absolute Gasteiger partial charge is 0.350 e. The predicted molar refractivity (Wildman–Crippen MR) is 133 cm³/mol. The number of hydrogen-bond donors (Lipinski definition) is 1. The first kappa shape index (κ1) is 27.6. The Morgan fingerprint density at radius 2 is 1.74 bits per heavy atom. The van der Waals surface area contributed by atoms with Crippen LogP contribution in [0.2, 0.25) is 5.02 Å².